The van der Waals surface area contributed by atoms with Gasteiger partial charge in [0, 0.05) is 65.1 Å². The Morgan fingerprint density at radius 3 is 1.73 bits per heavy atom. The maximum absolute atomic E-state index is 2.75. The SMILES string of the molecule is Cc1cccc2c3ccccc3n(-c3ccc4c(c3)N(c3ccc5c(sc6ccccc65)c3C(C)(C)C)c3cc(C(C)(C)C)cc5c3B4c3cc4c(cc3N5c3ccc5c(c3)C(C)(C)CCC5(C)C)C(C)(C)CCC4(C)C)c12. The van der Waals surface area contributed by atoms with Crippen molar-refractivity contribution >= 4 is 111 Å². The fourth-order valence-electron chi connectivity index (χ4n) is 15.0. The van der Waals surface area contributed by atoms with Gasteiger partial charge < -0.3 is 14.4 Å². The topological polar surface area (TPSA) is 11.4 Å². The second kappa shape index (κ2) is 16.3. The minimum absolute atomic E-state index is 0.0222. The minimum atomic E-state index is -0.199. The molecule has 10 aromatic rings. The molecule has 0 saturated carbocycles. The van der Waals surface area contributed by atoms with Crippen molar-refractivity contribution in [2.75, 3.05) is 9.80 Å². The molecule has 0 radical (unpaired) electrons. The smallest absolute Gasteiger partial charge is 0.252 e. The van der Waals surface area contributed by atoms with Crippen molar-refractivity contribution in [2.24, 2.45) is 0 Å². The lowest BCUT2D eigenvalue weighted by Crippen LogP contribution is -2.62. The van der Waals surface area contributed by atoms with Crippen molar-refractivity contribution in [1.82, 2.24) is 4.57 Å². The molecule has 2 aliphatic heterocycles. The number of para-hydroxylation sites is 2. The van der Waals surface area contributed by atoms with Crippen molar-refractivity contribution in [1.29, 1.82) is 0 Å². The van der Waals surface area contributed by atoms with Gasteiger partial charge >= 0.3 is 0 Å². The summed E-state index contributed by atoms with van der Waals surface area (Å²) in [5.74, 6) is 0. The van der Waals surface area contributed by atoms with Gasteiger partial charge in [-0.05, 0) is 181 Å². The van der Waals surface area contributed by atoms with Gasteiger partial charge in [-0.25, -0.2) is 0 Å². The molecular weight excluding hydrogens is 962 g/mol. The highest BCUT2D eigenvalue weighted by Gasteiger charge is 2.48. The fraction of sp³-hybridized carbons (Fsp3) is 0.342. The van der Waals surface area contributed by atoms with E-state index in [1.807, 2.05) is 11.3 Å². The number of aryl methyl sites for hydroxylation is 1. The number of aromatic nitrogens is 1. The second-order valence-electron chi connectivity index (χ2n) is 28.8. The number of rotatable bonds is 3. The van der Waals surface area contributed by atoms with Crippen LogP contribution in [0.3, 0.4) is 0 Å². The zero-order chi connectivity index (χ0) is 54.5. The van der Waals surface area contributed by atoms with Crippen molar-refractivity contribution in [3.63, 3.8) is 0 Å². The molecule has 4 heterocycles. The summed E-state index contributed by atoms with van der Waals surface area (Å²) in [6.45, 7) is 36.7. The van der Waals surface area contributed by atoms with E-state index in [0.717, 1.165) is 12.8 Å². The molecule has 0 atom stereocenters. The van der Waals surface area contributed by atoms with Gasteiger partial charge in [-0.2, -0.15) is 0 Å². The summed E-state index contributed by atoms with van der Waals surface area (Å²) in [6, 6.07) is 55.6. The molecule has 392 valence electrons. The maximum atomic E-state index is 2.75. The van der Waals surface area contributed by atoms with Crippen LogP contribution in [-0.4, -0.2) is 11.3 Å². The molecule has 3 nitrogen and oxygen atoms in total. The average molecular weight is 1040 g/mol. The van der Waals surface area contributed by atoms with E-state index < -0.39 is 0 Å². The van der Waals surface area contributed by atoms with Gasteiger partial charge in [-0.1, -0.05) is 176 Å². The van der Waals surface area contributed by atoms with Crippen LogP contribution in [0, 0.1) is 6.92 Å². The molecule has 0 spiro atoms. The number of anilines is 6. The summed E-state index contributed by atoms with van der Waals surface area (Å²) in [4.78, 5) is 5.50. The lowest BCUT2D eigenvalue weighted by Gasteiger charge is -2.48. The van der Waals surface area contributed by atoms with Gasteiger partial charge in [-0.15, -0.1) is 11.3 Å². The minimum Gasteiger partial charge on any atom is -0.311 e. The van der Waals surface area contributed by atoms with E-state index in [1.165, 1.54) is 150 Å². The monoisotopic (exact) mass is 1040 g/mol. The highest BCUT2D eigenvalue weighted by atomic mass is 32.1. The van der Waals surface area contributed by atoms with E-state index in [2.05, 4.69) is 258 Å². The Balaban J connectivity index is 1.15. The molecule has 4 aliphatic rings. The Bertz CT molecular complexity index is 4220. The van der Waals surface area contributed by atoms with Crippen LogP contribution in [0.15, 0.2) is 140 Å². The lowest BCUT2D eigenvalue weighted by atomic mass is 9.33. The van der Waals surface area contributed by atoms with Crippen LogP contribution in [0.5, 0.6) is 0 Å². The van der Waals surface area contributed by atoms with Crippen LogP contribution < -0.4 is 26.2 Å². The van der Waals surface area contributed by atoms with E-state index in [-0.39, 0.29) is 39.2 Å². The Morgan fingerprint density at radius 2 is 1.04 bits per heavy atom. The van der Waals surface area contributed by atoms with Crippen LogP contribution in [0.4, 0.5) is 34.1 Å². The molecule has 2 aliphatic carbocycles. The number of benzene rings is 8. The molecule has 0 N–H and O–H groups in total. The molecule has 78 heavy (non-hydrogen) atoms. The molecule has 0 amide bonds. The van der Waals surface area contributed by atoms with Crippen LogP contribution in [0.2, 0.25) is 0 Å². The Labute approximate surface area is 468 Å². The van der Waals surface area contributed by atoms with E-state index in [9.17, 15) is 0 Å². The first-order chi connectivity index (χ1) is 36.8. The maximum Gasteiger partial charge on any atom is 0.252 e. The first kappa shape index (κ1) is 49.7. The molecule has 0 saturated heterocycles. The van der Waals surface area contributed by atoms with Crippen molar-refractivity contribution < 1.29 is 0 Å². The number of fused-ring (bicyclic) bond motifs is 12. The molecule has 14 rings (SSSR count). The van der Waals surface area contributed by atoms with Gasteiger partial charge in [0.1, 0.15) is 0 Å². The van der Waals surface area contributed by atoms with E-state index in [1.54, 1.807) is 0 Å². The van der Waals surface area contributed by atoms with Crippen molar-refractivity contribution in [2.45, 2.75) is 162 Å². The summed E-state index contributed by atoms with van der Waals surface area (Å²) in [5, 5.41) is 5.25. The van der Waals surface area contributed by atoms with Crippen LogP contribution in [0.25, 0.3) is 47.7 Å². The Kier molecular flexibility index (Phi) is 10.4. The van der Waals surface area contributed by atoms with E-state index in [4.69, 9.17) is 0 Å². The van der Waals surface area contributed by atoms with E-state index >= 15 is 0 Å². The summed E-state index contributed by atoms with van der Waals surface area (Å²) in [7, 11) is 0. The summed E-state index contributed by atoms with van der Waals surface area (Å²) >= 11 is 1.96. The average Bonchev–Trinajstić information content (AvgIpc) is 3.76. The third kappa shape index (κ3) is 7.07. The zero-order valence-corrected chi connectivity index (χ0v) is 49.8. The molecule has 0 fully saturated rings. The Hall–Kier alpha value is -6.56. The first-order valence-corrected chi connectivity index (χ1v) is 29.9. The summed E-state index contributed by atoms with van der Waals surface area (Å²) in [5.41, 5.74) is 25.4. The Morgan fingerprint density at radius 1 is 0.449 bits per heavy atom. The van der Waals surface area contributed by atoms with Crippen LogP contribution in [0.1, 0.15) is 162 Å². The quantitative estimate of drug-likeness (QED) is 0.163. The fourth-order valence-corrected chi connectivity index (χ4v) is 16.5. The molecule has 0 bridgehead atoms. The molecule has 5 heteroatoms. The van der Waals surface area contributed by atoms with Crippen molar-refractivity contribution in [3.8, 4) is 5.69 Å². The highest BCUT2D eigenvalue weighted by Crippen LogP contribution is 2.55. The largest absolute Gasteiger partial charge is 0.311 e. The highest BCUT2D eigenvalue weighted by molar-refractivity contribution is 7.26. The van der Waals surface area contributed by atoms with Crippen LogP contribution in [-0.2, 0) is 32.5 Å². The van der Waals surface area contributed by atoms with Gasteiger partial charge in [-0.3, -0.25) is 0 Å². The molecule has 0 unspecified atom stereocenters. The third-order valence-electron chi connectivity index (χ3n) is 19.7. The lowest BCUT2D eigenvalue weighted by molar-refractivity contribution is 0.332. The van der Waals surface area contributed by atoms with E-state index in [0.29, 0.717) is 0 Å². The van der Waals surface area contributed by atoms with Crippen molar-refractivity contribution in [3.05, 3.63) is 178 Å². The van der Waals surface area contributed by atoms with Crippen LogP contribution >= 0.6 is 11.3 Å². The number of thiophene rings is 1. The van der Waals surface area contributed by atoms with Gasteiger partial charge in [0.05, 0.1) is 16.7 Å². The van der Waals surface area contributed by atoms with Gasteiger partial charge in [0.15, 0.2) is 0 Å². The van der Waals surface area contributed by atoms with Gasteiger partial charge in [0.25, 0.3) is 6.71 Å². The zero-order valence-electron chi connectivity index (χ0n) is 48.9. The predicted octanol–water partition coefficient (Wildman–Crippen LogP) is 18.8. The summed E-state index contributed by atoms with van der Waals surface area (Å²) < 4.78 is 5.27. The first-order valence-electron chi connectivity index (χ1n) is 29.0. The number of hydrogen-bond donors (Lipinski definition) is 0. The summed E-state index contributed by atoms with van der Waals surface area (Å²) in [6.07, 6.45) is 4.68. The molecule has 2 aromatic heterocycles. The molecule has 8 aromatic carbocycles. The normalized spacial score (nSPS) is 17.8. The van der Waals surface area contributed by atoms with Gasteiger partial charge in [0.2, 0.25) is 0 Å². The predicted molar refractivity (Wildman–Crippen MR) is 340 cm³/mol. The third-order valence-corrected chi connectivity index (χ3v) is 20.9. The number of hydrogen-bond acceptors (Lipinski definition) is 3. The second-order valence-corrected chi connectivity index (χ2v) is 29.8. The molecular formula is C73H76BN3S. The standard InChI is InChI=1S/C73H76BN3S/c1-43-21-20-24-49-47-22-16-18-25-57(47)76(66(43)49)46-28-31-55-59(40-46)77(58-32-29-50-48-23-17-19-26-63(48)78-67(50)64(58)69(5,6)7)62-38-44(68(2,3)4)37-61-65(62)74(55)56-41-53-54(73(14,15)36-35-72(53,12)13)42-60(56)75(61)45-27-30-51-52(39-45)71(10,11)34-33-70(51,8)9/h16-32,37-42H,33-36H2,1-15H3. The number of nitrogens with zero attached hydrogens (tertiary/aromatic N) is 3.